The van der Waals surface area contributed by atoms with Crippen molar-refractivity contribution in [1.29, 1.82) is 0 Å². The molecule has 0 aliphatic carbocycles. The SMILES string of the molecule is CCCCOc1ccc(C(=O)OC(C)C(N)=O)cc1OCC. The Morgan fingerprint density at radius 2 is 1.91 bits per heavy atom. The number of esters is 1. The molecule has 0 saturated carbocycles. The van der Waals surface area contributed by atoms with Gasteiger partial charge in [-0.2, -0.15) is 0 Å². The number of amides is 1. The van der Waals surface area contributed by atoms with E-state index in [4.69, 9.17) is 19.9 Å². The Bertz CT molecular complexity index is 515. The van der Waals surface area contributed by atoms with Gasteiger partial charge in [0.25, 0.3) is 5.91 Å². The van der Waals surface area contributed by atoms with Gasteiger partial charge < -0.3 is 19.9 Å². The minimum absolute atomic E-state index is 0.277. The lowest BCUT2D eigenvalue weighted by molar-refractivity contribution is -0.125. The van der Waals surface area contributed by atoms with Crippen molar-refractivity contribution in [2.24, 2.45) is 5.73 Å². The van der Waals surface area contributed by atoms with Crippen molar-refractivity contribution < 1.29 is 23.8 Å². The van der Waals surface area contributed by atoms with Gasteiger partial charge in [-0.3, -0.25) is 4.79 Å². The molecule has 0 spiro atoms. The number of primary amides is 1. The molecule has 0 heterocycles. The van der Waals surface area contributed by atoms with Crippen molar-refractivity contribution in [3.05, 3.63) is 23.8 Å². The highest BCUT2D eigenvalue weighted by atomic mass is 16.5. The fraction of sp³-hybridized carbons (Fsp3) is 0.500. The van der Waals surface area contributed by atoms with Crippen LogP contribution in [0.4, 0.5) is 0 Å². The molecule has 1 aromatic rings. The van der Waals surface area contributed by atoms with Gasteiger partial charge in [0.05, 0.1) is 18.8 Å². The van der Waals surface area contributed by atoms with Crippen LogP contribution < -0.4 is 15.2 Å². The zero-order valence-electron chi connectivity index (χ0n) is 13.3. The predicted molar refractivity (Wildman–Crippen MR) is 82.1 cm³/mol. The van der Waals surface area contributed by atoms with Gasteiger partial charge in [-0.15, -0.1) is 0 Å². The van der Waals surface area contributed by atoms with Crippen LogP contribution in [0.3, 0.4) is 0 Å². The van der Waals surface area contributed by atoms with Crippen LogP contribution in [0.1, 0.15) is 44.0 Å². The third-order valence-electron chi connectivity index (χ3n) is 2.92. The first kappa shape index (κ1) is 17.8. The molecule has 122 valence electrons. The Labute approximate surface area is 130 Å². The van der Waals surface area contributed by atoms with Gasteiger partial charge >= 0.3 is 5.97 Å². The lowest BCUT2D eigenvalue weighted by Crippen LogP contribution is -2.30. The number of rotatable bonds is 9. The smallest absolute Gasteiger partial charge is 0.339 e. The van der Waals surface area contributed by atoms with Gasteiger partial charge in [0, 0.05) is 0 Å². The van der Waals surface area contributed by atoms with Gasteiger partial charge in [0.15, 0.2) is 17.6 Å². The third-order valence-corrected chi connectivity index (χ3v) is 2.92. The van der Waals surface area contributed by atoms with Crippen LogP contribution in [0.5, 0.6) is 11.5 Å². The van der Waals surface area contributed by atoms with Crippen LogP contribution in [-0.4, -0.2) is 31.2 Å². The summed E-state index contributed by atoms with van der Waals surface area (Å²) in [7, 11) is 0. The Morgan fingerprint density at radius 3 is 2.50 bits per heavy atom. The van der Waals surface area contributed by atoms with Crippen LogP contribution in [-0.2, 0) is 9.53 Å². The highest BCUT2D eigenvalue weighted by molar-refractivity contribution is 5.92. The maximum atomic E-state index is 12.0. The van der Waals surface area contributed by atoms with Crippen molar-refractivity contribution >= 4 is 11.9 Å². The zero-order valence-corrected chi connectivity index (χ0v) is 13.3. The molecule has 22 heavy (non-hydrogen) atoms. The highest BCUT2D eigenvalue weighted by Crippen LogP contribution is 2.29. The van der Waals surface area contributed by atoms with Crippen molar-refractivity contribution in [3.63, 3.8) is 0 Å². The van der Waals surface area contributed by atoms with E-state index in [0.29, 0.717) is 24.7 Å². The average Bonchev–Trinajstić information content (AvgIpc) is 2.48. The van der Waals surface area contributed by atoms with E-state index in [9.17, 15) is 9.59 Å². The lowest BCUT2D eigenvalue weighted by Gasteiger charge is -2.14. The number of hydrogen-bond acceptors (Lipinski definition) is 5. The summed E-state index contributed by atoms with van der Waals surface area (Å²) >= 11 is 0. The monoisotopic (exact) mass is 309 g/mol. The third kappa shape index (κ3) is 5.27. The molecular formula is C16H23NO5. The Balaban J connectivity index is 2.86. The predicted octanol–water partition coefficient (Wildman–Crippen LogP) is 2.29. The Kier molecular flexibility index (Phi) is 7.22. The van der Waals surface area contributed by atoms with Crippen LogP contribution in [0.25, 0.3) is 0 Å². The fourth-order valence-corrected chi connectivity index (χ4v) is 1.64. The van der Waals surface area contributed by atoms with Crippen molar-refractivity contribution in [2.45, 2.75) is 39.7 Å². The molecule has 1 atom stereocenters. The van der Waals surface area contributed by atoms with Crippen molar-refractivity contribution in [2.75, 3.05) is 13.2 Å². The van der Waals surface area contributed by atoms with E-state index in [1.54, 1.807) is 18.2 Å². The molecule has 6 heteroatoms. The van der Waals surface area contributed by atoms with E-state index >= 15 is 0 Å². The molecule has 0 aliphatic heterocycles. The fourth-order valence-electron chi connectivity index (χ4n) is 1.64. The molecule has 0 bridgehead atoms. The summed E-state index contributed by atoms with van der Waals surface area (Å²) in [5.41, 5.74) is 5.35. The Morgan fingerprint density at radius 1 is 1.18 bits per heavy atom. The number of benzene rings is 1. The first-order valence-corrected chi connectivity index (χ1v) is 7.39. The van der Waals surface area contributed by atoms with Crippen molar-refractivity contribution in [1.82, 2.24) is 0 Å². The highest BCUT2D eigenvalue weighted by Gasteiger charge is 2.18. The summed E-state index contributed by atoms with van der Waals surface area (Å²) < 4.78 is 16.1. The summed E-state index contributed by atoms with van der Waals surface area (Å²) in [6.45, 7) is 6.37. The topological polar surface area (TPSA) is 87.9 Å². The van der Waals surface area contributed by atoms with Crippen LogP contribution in [0, 0.1) is 0 Å². The maximum absolute atomic E-state index is 12.0. The molecule has 1 unspecified atom stereocenters. The van der Waals surface area contributed by atoms with E-state index in [-0.39, 0.29) is 5.56 Å². The molecular weight excluding hydrogens is 286 g/mol. The summed E-state index contributed by atoms with van der Waals surface area (Å²) in [6, 6.07) is 4.77. The summed E-state index contributed by atoms with van der Waals surface area (Å²) in [5.74, 6) is -0.278. The minimum Gasteiger partial charge on any atom is -0.490 e. The molecule has 1 rings (SSSR count). The van der Waals surface area contributed by atoms with Gasteiger partial charge in [-0.1, -0.05) is 13.3 Å². The summed E-state index contributed by atoms with van der Waals surface area (Å²) in [6.07, 6.45) is 0.980. The van der Waals surface area contributed by atoms with E-state index in [1.165, 1.54) is 6.92 Å². The second-order valence-electron chi connectivity index (χ2n) is 4.75. The van der Waals surface area contributed by atoms with E-state index in [1.807, 2.05) is 6.92 Å². The molecule has 0 radical (unpaired) electrons. The maximum Gasteiger partial charge on any atom is 0.339 e. The van der Waals surface area contributed by atoms with Crippen LogP contribution in [0.2, 0.25) is 0 Å². The summed E-state index contributed by atoms with van der Waals surface area (Å²) in [5, 5.41) is 0. The number of hydrogen-bond donors (Lipinski definition) is 1. The molecule has 2 N–H and O–H groups in total. The number of nitrogens with two attached hydrogens (primary N) is 1. The standard InChI is InChI=1S/C16H23NO5/c1-4-6-9-21-13-8-7-12(10-14(13)20-5-2)16(19)22-11(3)15(17)18/h7-8,10-11H,4-6,9H2,1-3H3,(H2,17,18). The van der Waals surface area contributed by atoms with Crippen LogP contribution >= 0.6 is 0 Å². The molecule has 0 saturated heterocycles. The second-order valence-corrected chi connectivity index (χ2v) is 4.75. The van der Waals surface area contributed by atoms with Gasteiger partial charge in [-0.05, 0) is 38.5 Å². The molecule has 6 nitrogen and oxygen atoms in total. The van der Waals surface area contributed by atoms with E-state index in [2.05, 4.69) is 6.92 Å². The summed E-state index contributed by atoms with van der Waals surface area (Å²) in [4.78, 5) is 22.9. The first-order valence-electron chi connectivity index (χ1n) is 7.39. The molecule has 0 fully saturated rings. The Hall–Kier alpha value is -2.24. The normalized spacial score (nSPS) is 11.6. The van der Waals surface area contributed by atoms with Gasteiger partial charge in [-0.25, -0.2) is 4.79 Å². The van der Waals surface area contributed by atoms with Gasteiger partial charge in [0.2, 0.25) is 0 Å². The van der Waals surface area contributed by atoms with Crippen molar-refractivity contribution in [3.8, 4) is 11.5 Å². The molecule has 1 aromatic carbocycles. The lowest BCUT2D eigenvalue weighted by atomic mass is 10.2. The number of ether oxygens (including phenoxy) is 3. The van der Waals surface area contributed by atoms with Gasteiger partial charge in [0.1, 0.15) is 0 Å². The largest absolute Gasteiger partial charge is 0.490 e. The number of carbonyl (C=O) groups is 2. The first-order chi connectivity index (χ1) is 10.5. The van der Waals surface area contributed by atoms with E-state index in [0.717, 1.165) is 12.8 Å². The van der Waals surface area contributed by atoms with Crippen LogP contribution in [0.15, 0.2) is 18.2 Å². The number of carbonyl (C=O) groups excluding carboxylic acids is 2. The average molecular weight is 309 g/mol. The molecule has 1 amide bonds. The minimum atomic E-state index is -0.983. The zero-order chi connectivity index (χ0) is 16.5. The number of unbranched alkanes of at least 4 members (excludes halogenated alkanes) is 1. The quantitative estimate of drug-likeness (QED) is 0.558. The molecule has 0 aromatic heterocycles. The molecule has 0 aliphatic rings. The van der Waals surface area contributed by atoms with E-state index < -0.39 is 18.0 Å². The second kappa shape index (κ2) is 8.92.